The number of carboxylic acids is 2. The number of nitrogens with one attached hydrogen (secondary N) is 1. The highest BCUT2D eigenvalue weighted by Crippen LogP contribution is 2.44. The largest absolute Gasteiger partial charge is 0.504 e. The Morgan fingerprint density at radius 3 is 2.49 bits per heavy atom. The van der Waals surface area contributed by atoms with Gasteiger partial charge in [-0.25, -0.2) is 14.6 Å². The van der Waals surface area contributed by atoms with Gasteiger partial charge in [0.2, 0.25) is 6.10 Å². The standard InChI is InChI=1S/C35H36ClN7O12S2/c1-54-34(53)27-16(12-43(6-2-3-7-43)11-15-10-41(17-4-5-17)19-8-20(44)29(48)24(36)23(19)28(15)47)13-56-32-26(31(50)42(27)32)39-30(49)25(18-14-57-35(37)38-18)40-55-21(33(51)52)9-22(45)46/h8,10,14,17,21,26,32H,2-7,9,11-13H2,1H3,(H6-,37,38,39,40,44,45,46,47,48,49,51,52)/p+1. The number of quaternary nitrogens is 1. The zero-order valence-electron chi connectivity index (χ0n) is 30.2. The molecule has 5 heterocycles. The smallest absolute Gasteiger partial charge is 0.355 e. The Labute approximate surface area is 335 Å². The van der Waals surface area contributed by atoms with Crippen LogP contribution in [0, 0.1) is 0 Å². The highest BCUT2D eigenvalue weighted by Gasteiger charge is 2.55. The number of carboxylic acid groups (broad SMARTS) is 2. The van der Waals surface area contributed by atoms with Crippen LogP contribution in [0.3, 0.4) is 0 Å². The van der Waals surface area contributed by atoms with E-state index in [1.165, 1.54) is 35.2 Å². The maximum Gasteiger partial charge on any atom is 0.355 e. The van der Waals surface area contributed by atoms with Crippen molar-refractivity contribution in [1.82, 2.24) is 19.8 Å². The van der Waals surface area contributed by atoms with Crippen LogP contribution in [0.1, 0.15) is 49.4 Å². The highest BCUT2D eigenvalue weighted by molar-refractivity contribution is 8.00. The first-order chi connectivity index (χ1) is 27.1. The van der Waals surface area contributed by atoms with Gasteiger partial charge in [0.25, 0.3) is 11.8 Å². The van der Waals surface area contributed by atoms with Crippen molar-refractivity contribution in [3.8, 4) is 11.5 Å². The summed E-state index contributed by atoms with van der Waals surface area (Å²) < 4.78 is 7.45. The molecule has 3 fully saturated rings. The minimum absolute atomic E-state index is 0.0287. The SMILES string of the molecule is COC(=O)C1=C(C[N+]2(Cc3cn(C4CC4)c4cc(O)c(O)c(Cl)c4c3=O)CCCC2)CSC2C(NC(=O)C(=NOC(CC(=O)O)C(=O)O)c3csc(N)n3)C(=O)N12. The molecular weight excluding hydrogens is 810 g/mol. The molecule has 0 bridgehead atoms. The maximum atomic E-state index is 14.1. The highest BCUT2D eigenvalue weighted by atomic mass is 35.5. The van der Waals surface area contributed by atoms with Gasteiger partial charge < -0.3 is 50.1 Å². The van der Waals surface area contributed by atoms with Gasteiger partial charge in [0.1, 0.15) is 35.9 Å². The third kappa shape index (κ3) is 7.58. The van der Waals surface area contributed by atoms with E-state index in [9.17, 15) is 44.1 Å². The fourth-order valence-corrected chi connectivity index (χ4v) is 9.71. The molecule has 1 aromatic carbocycles. The number of thiazole rings is 1. The third-order valence-corrected chi connectivity index (χ3v) is 12.8. The molecule has 22 heteroatoms. The number of esters is 1. The van der Waals surface area contributed by atoms with Crippen LogP contribution in [0.4, 0.5) is 5.13 Å². The van der Waals surface area contributed by atoms with Crippen LogP contribution in [-0.2, 0) is 40.1 Å². The van der Waals surface area contributed by atoms with Crippen molar-refractivity contribution in [2.45, 2.75) is 62.2 Å². The van der Waals surface area contributed by atoms with E-state index in [1.54, 1.807) is 6.20 Å². The number of carbonyl (C=O) groups is 5. The van der Waals surface area contributed by atoms with E-state index < -0.39 is 70.9 Å². The number of pyridine rings is 1. The third-order valence-electron chi connectivity index (χ3n) is 10.4. The van der Waals surface area contributed by atoms with Crippen molar-refractivity contribution < 1.29 is 58.5 Å². The number of nitrogens with zero attached hydrogens (tertiary/aromatic N) is 5. The number of oxime groups is 1. The molecule has 3 atom stereocenters. The summed E-state index contributed by atoms with van der Waals surface area (Å²) >= 11 is 8.70. The molecule has 1 saturated carbocycles. The average Bonchev–Trinajstić information content (AvgIpc) is 3.77. The number of aliphatic carboxylic acids is 2. The summed E-state index contributed by atoms with van der Waals surface area (Å²) in [5, 5.41) is 45.9. The number of carbonyl (C=O) groups excluding carboxylic acids is 3. The van der Waals surface area contributed by atoms with Crippen molar-refractivity contribution in [2.75, 3.05) is 38.2 Å². The van der Waals surface area contributed by atoms with Crippen LogP contribution in [0.5, 0.6) is 11.5 Å². The number of nitrogens with two attached hydrogens (primary N) is 1. The van der Waals surface area contributed by atoms with Crippen molar-refractivity contribution in [1.29, 1.82) is 0 Å². The molecule has 19 nitrogen and oxygen atoms in total. The van der Waals surface area contributed by atoms with Gasteiger partial charge in [0.05, 0.1) is 48.1 Å². The number of phenolic OH excluding ortho intramolecular Hbond substituents is 2. The van der Waals surface area contributed by atoms with Gasteiger partial charge in [0, 0.05) is 47.9 Å². The number of aromatic hydroxyl groups is 2. The quantitative estimate of drug-likeness (QED) is 0.0337. The van der Waals surface area contributed by atoms with Gasteiger partial charge in [-0.15, -0.1) is 23.1 Å². The number of likely N-dealkylation sites (tertiary alicyclic amines) is 1. The number of nitrogen functional groups attached to an aromatic ring is 1. The number of amides is 2. The lowest BCUT2D eigenvalue weighted by Gasteiger charge is -2.50. The number of anilines is 1. The zero-order valence-corrected chi connectivity index (χ0v) is 32.6. The summed E-state index contributed by atoms with van der Waals surface area (Å²) in [4.78, 5) is 87.8. The molecule has 2 saturated heterocycles. The number of methoxy groups -OCH3 is 1. The predicted molar refractivity (Wildman–Crippen MR) is 205 cm³/mol. The minimum Gasteiger partial charge on any atom is -0.504 e. The molecular formula is C35H37ClN7O12S2+. The molecule has 3 unspecified atom stereocenters. The van der Waals surface area contributed by atoms with Gasteiger partial charge in [0.15, 0.2) is 27.8 Å². The number of fused-ring (bicyclic) bond motifs is 2. The number of halogens is 1. The lowest BCUT2D eigenvalue weighted by Crippen LogP contribution is -2.71. The van der Waals surface area contributed by atoms with E-state index in [0.717, 1.165) is 37.0 Å². The normalized spacial score (nSPS) is 20.8. The summed E-state index contributed by atoms with van der Waals surface area (Å²) in [6.45, 7) is 1.88. The Kier molecular flexibility index (Phi) is 10.8. The van der Waals surface area contributed by atoms with Gasteiger partial charge >= 0.3 is 17.9 Å². The number of thioether (sulfide) groups is 1. The van der Waals surface area contributed by atoms with Crippen LogP contribution in [0.15, 0.2) is 38.9 Å². The second-order valence-corrected chi connectivity index (χ2v) is 16.6. The lowest BCUT2D eigenvalue weighted by atomic mass is 10.0. The van der Waals surface area contributed by atoms with Gasteiger partial charge in [-0.3, -0.25) is 24.1 Å². The number of aromatic nitrogens is 2. The summed E-state index contributed by atoms with van der Waals surface area (Å²) in [5.41, 5.74) is 6.20. The molecule has 3 aromatic rings. The number of benzene rings is 1. The second kappa shape index (κ2) is 15.5. The van der Waals surface area contributed by atoms with E-state index in [0.29, 0.717) is 40.8 Å². The fourth-order valence-electron chi connectivity index (χ4n) is 7.55. The topological polar surface area (TPSA) is 273 Å². The van der Waals surface area contributed by atoms with Crippen LogP contribution < -0.4 is 16.5 Å². The summed E-state index contributed by atoms with van der Waals surface area (Å²) in [6.07, 6.45) is 2.31. The Morgan fingerprint density at radius 1 is 1.16 bits per heavy atom. The number of ether oxygens (including phenoxy) is 1. The fraction of sp³-hybridized carbons (Fsp3) is 0.429. The van der Waals surface area contributed by atoms with E-state index >= 15 is 0 Å². The van der Waals surface area contributed by atoms with Gasteiger partial charge in [-0.05, 0) is 12.8 Å². The Bertz CT molecular complexity index is 2340. The molecule has 4 aliphatic rings. The molecule has 2 amide bonds. The Hall–Kier alpha value is -5.38. The number of phenols is 2. The second-order valence-electron chi connectivity index (χ2n) is 14.2. The molecule has 302 valence electrons. The van der Waals surface area contributed by atoms with E-state index in [1.807, 2.05) is 4.57 Å². The molecule has 0 radical (unpaired) electrons. The summed E-state index contributed by atoms with van der Waals surface area (Å²) in [6, 6.07) is 0.266. The number of hydrogen-bond acceptors (Lipinski definition) is 15. The molecule has 57 heavy (non-hydrogen) atoms. The Morgan fingerprint density at radius 2 is 1.88 bits per heavy atom. The van der Waals surface area contributed by atoms with Gasteiger partial charge in [-0.2, -0.15) is 0 Å². The minimum atomic E-state index is -1.94. The molecule has 7 rings (SSSR count). The molecule has 1 aliphatic carbocycles. The maximum absolute atomic E-state index is 14.1. The van der Waals surface area contributed by atoms with E-state index in [2.05, 4.69) is 15.5 Å². The number of hydrogen-bond donors (Lipinski definition) is 6. The summed E-state index contributed by atoms with van der Waals surface area (Å²) in [7, 11) is 1.19. The first-order valence-corrected chi connectivity index (χ1v) is 20.0. The first kappa shape index (κ1) is 39.8. The van der Waals surface area contributed by atoms with E-state index in [-0.39, 0.29) is 50.7 Å². The lowest BCUT2D eigenvalue weighted by molar-refractivity contribution is -0.925. The predicted octanol–water partition coefficient (Wildman–Crippen LogP) is 1.73. The number of rotatable bonds is 14. The van der Waals surface area contributed by atoms with Crippen molar-refractivity contribution in [2.24, 2.45) is 5.16 Å². The van der Waals surface area contributed by atoms with E-state index in [4.69, 9.17) is 32.0 Å². The first-order valence-electron chi connectivity index (χ1n) is 17.7. The van der Waals surface area contributed by atoms with Crippen molar-refractivity contribution in [3.05, 3.63) is 55.4 Å². The molecule has 7 N–H and O–H groups in total. The van der Waals surface area contributed by atoms with Crippen molar-refractivity contribution in [3.63, 3.8) is 0 Å². The molecule has 3 aliphatic heterocycles. The van der Waals surface area contributed by atoms with Gasteiger partial charge in [-0.1, -0.05) is 16.8 Å². The summed E-state index contributed by atoms with van der Waals surface area (Å²) in [5.74, 6) is -6.27. The van der Waals surface area contributed by atoms with Crippen LogP contribution in [0.25, 0.3) is 10.9 Å². The van der Waals surface area contributed by atoms with Crippen LogP contribution >= 0.6 is 34.7 Å². The monoisotopic (exact) mass is 846 g/mol. The van der Waals surface area contributed by atoms with Crippen molar-refractivity contribution >= 4 is 86.2 Å². The average molecular weight is 847 g/mol. The zero-order chi connectivity index (χ0) is 40.9. The van der Waals surface area contributed by atoms with Crippen LogP contribution in [-0.4, -0.2) is 125 Å². The Balaban J connectivity index is 1.16. The van der Waals surface area contributed by atoms with Crippen LogP contribution in [0.2, 0.25) is 5.02 Å². The number of β-lactam (4-membered cyclic amide) rings is 1. The molecule has 0 spiro atoms. The molecule has 2 aromatic heterocycles.